The van der Waals surface area contributed by atoms with Crippen molar-refractivity contribution in [3.63, 3.8) is 0 Å². The summed E-state index contributed by atoms with van der Waals surface area (Å²) in [5.41, 5.74) is 0. The molecular weight excluding hydrogens is 767 g/mol. The molecule has 1 N–H and O–H groups in total. The maximum Gasteiger partial charge on any atom is 0.421 e. The Morgan fingerprint density at radius 2 is 0.793 bits per heavy atom. The summed E-state index contributed by atoms with van der Waals surface area (Å²) < 4.78 is 26.9. The molecule has 1 unspecified atom stereocenters. The summed E-state index contributed by atoms with van der Waals surface area (Å²) in [6.45, 7) is -0.516. The van der Waals surface area contributed by atoms with E-state index in [2.05, 4.69) is 61.2 Å². The Labute approximate surface area is 360 Å². The van der Waals surface area contributed by atoms with E-state index in [9.17, 15) is 19.0 Å². The van der Waals surface area contributed by atoms with Gasteiger partial charge < -0.3 is 14.4 Å². The van der Waals surface area contributed by atoms with Gasteiger partial charge in [-0.05, 0) is 62.2 Å². The van der Waals surface area contributed by atoms with E-state index in [4.69, 9.17) is 25.2 Å². The molecule has 58 heavy (non-hydrogen) atoms. The number of hydrogen-bond acceptors (Lipinski definition) is 6. The van der Waals surface area contributed by atoms with Crippen molar-refractivity contribution < 1.29 is 33.0 Å². The van der Waals surface area contributed by atoms with Crippen molar-refractivity contribution in [3.05, 3.63) is 0 Å². The SMILES string of the molecule is CCCCCCCCCCC#CC#CCCCCCCCCC(=O)OC[C@H](COP(=O)(O)Cl)OC(=O)CCCCCCCCC#CC#CCCCCCCCCCC. The van der Waals surface area contributed by atoms with Gasteiger partial charge in [0.1, 0.15) is 6.61 Å². The number of hydrogen-bond donors (Lipinski definition) is 1. The summed E-state index contributed by atoms with van der Waals surface area (Å²) >= 11 is 5.31. The summed E-state index contributed by atoms with van der Waals surface area (Å²) in [6.07, 6.45) is 35.6. The lowest BCUT2D eigenvalue weighted by atomic mass is 10.1. The van der Waals surface area contributed by atoms with Gasteiger partial charge in [-0.15, -0.1) is 0 Å². The van der Waals surface area contributed by atoms with Gasteiger partial charge in [-0.2, -0.15) is 0 Å². The second-order valence-corrected chi connectivity index (χ2v) is 17.9. The highest BCUT2D eigenvalue weighted by Crippen LogP contribution is 2.47. The normalized spacial score (nSPS) is 12.0. The fourth-order valence-corrected chi connectivity index (χ4v) is 6.81. The molecule has 0 aliphatic rings. The minimum absolute atomic E-state index is 0.200. The molecule has 0 fully saturated rings. The smallest absolute Gasteiger partial charge is 0.421 e. The standard InChI is InChI=1S/C49H80ClO7P/c1-3-5-7-9-11-13-15-17-19-21-23-25-27-29-31-33-35-37-39-41-43-48(51)55-45-47(46-56-58(50,53)54)57-49(52)44-42-40-38-36-34-32-30-28-26-24-22-20-18-16-14-12-10-8-6-4-2/h47H,3-20,29-46H2,1-2H3,(H,53,54)/t47-/m1/s1. The van der Waals surface area contributed by atoms with E-state index in [1.807, 2.05) is 0 Å². The molecule has 7 nitrogen and oxygen atoms in total. The number of halogens is 1. The predicted molar refractivity (Wildman–Crippen MR) is 242 cm³/mol. The molecule has 0 bridgehead atoms. The zero-order chi connectivity index (χ0) is 42.5. The van der Waals surface area contributed by atoms with Crippen LogP contribution in [0.5, 0.6) is 0 Å². The van der Waals surface area contributed by atoms with Gasteiger partial charge in [0, 0.05) is 49.8 Å². The van der Waals surface area contributed by atoms with Crippen molar-refractivity contribution in [1.82, 2.24) is 0 Å². The fourth-order valence-electron chi connectivity index (χ4n) is 6.30. The van der Waals surface area contributed by atoms with Crippen LogP contribution in [0, 0.1) is 47.4 Å². The number of unbranched alkanes of at least 4 members (excludes halogenated alkanes) is 28. The molecule has 0 aliphatic carbocycles. The van der Waals surface area contributed by atoms with Crippen LogP contribution in [0.15, 0.2) is 0 Å². The van der Waals surface area contributed by atoms with Gasteiger partial charge in [-0.25, -0.2) is 4.57 Å². The number of esters is 2. The van der Waals surface area contributed by atoms with Crippen LogP contribution >= 0.6 is 18.2 Å². The summed E-state index contributed by atoms with van der Waals surface area (Å²) in [5, 5.41) is 0. The molecular formula is C49H80ClO7P. The van der Waals surface area contributed by atoms with Gasteiger partial charge in [0.05, 0.1) is 6.61 Å². The Morgan fingerprint density at radius 1 is 0.483 bits per heavy atom. The van der Waals surface area contributed by atoms with E-state index < -0.39 is 31.6 Å². The first-order chi connectivity index (χ1) is 28.3. The zero-order valence-electron chi connectivity index (χ0n) is 36.8. The first-order valence-electron chi connectivity index (χ1n) is 23.2. The lowest BCUT2D eigenvalue weighted by Gasteiger charge is -2.18. The zero-order valence-corrected chi connectivity index (χ0v) is 38.4. The third-order valence-electron chi connectivity index (χ3n) is 9.80. The van der Waals surface area contributed by atoms with Crippen LogP contribution in [0.2, 0.25) is 0 Å². The van der Waals surface area contributed by atoms with Gasteiger partial charge in [0.25, 0.3) is 0 Å². The molecule has 0 aliphatic heterocycles. The van der Waals surface area contributed by atoms with Crippen LogP contribution in [-0.4, -0.2) is 36.1 Å². The van der Waals surface area contributed by atoms with Crippen LogP contribution < -0.4 is 0 Å². The van der Waals surface area contributed by atoms with Crippen molar-refractivity contribution >= 4 is 30.1 Å². The predicted octanol–water partition coefficient (Wildman–Crippen LogP) is 14.1. The monoisotopic (exact) mass is 847 g/mol. The van der Waals surface area contributed by atoms with E-state index in [1.165, 1.54) is 103 Å². The second kappa shape index (κ2) is 44.2. The van der Waals surface area contributed by atoms with Crippen LogP contribution in [0.25, 0.3) is 0 Å². The van der Waals surface area contributed by atoms with Crippen LogP contribution in [0.4, 0.5) is 0 Å². The van der Waals surface area contributed by atoms with Crippen molar-refractivity contribution in [1.29, 1.82) is 0 Å². The van der Waals surface area contributed by atoms with Crippen molar-refractivity contribution in [2.75, 3.05) is 13.2 Å². The van der Waals surface area contributed by atoms with Crippen LogP contribution in [0.3, 0.4) is 0 Å². The quantitative estimate of drug-likeness (QED) is 0.0286. The first-order valence-corrected chi connectivity index (χ1v) is 25.7. The van der Waals surface area contributed by atoms with Crippen molar-refractivity contribution in [3.8, 4) is 47.4 Å². The van der Waals surface area contributed by atoms with E-state index >= 15 is 0 Å². The largest absolute Gasteiger partial charge is 0.462 e. The maximum absolute atomic E-state index is 12.5. The molecule has 9 heteroatoms. The highest BCUT2D eigenvalue weighted by molar-refractivity contribution is 7.80. The van der Waals surface area contributed by atoms with Crippen molar-refractivity contribution in [2.45, 2.75) is 238 Å². The van der Waals surface area contributed by atoms with Gasteiger partial charge in [0.2, 0.25) is 0 Å². The number of ether oxygens (including phenoxy) is 2. The molecule has 0 amide bonds. The van der Waals surface area contributed by atoms with E-state index in [1.54, 1.807) is 0 Å². The van der Waals surface area contributed by atoms with E-state index in [-0.39, 0.29) is 19.4 Å². The molecule has 0 spiro atoms. The summed E-state index contributed by atoms with van der Waals surface area (Å²) in [5.74, 6) is 23.7. The van der Waals surface area contributed by atoms with Gasteiger partial charge >= 0.3 is 18.9 Å². The first kappa shape index (κ1) is 55.6. The summed E-state index contributed by atoms with van der Waals surface area (Å²) in [6, 6.07) is 0. The molecule has 0 aromatic carbocycles. The molecule has 0 saturated heterocycles. The van der Waals surface area contributed by atoms with Crippen molar-refractivity contribution in [2.24, 2.45) is 0 Å². The Bertz CT molecular complexity index is 1300. The molecule has 0 radical (unpaired) electrons. The van der Waals surface area contributed by atoms with Gasteiger partial charge in [-0.1, -0.05) is 179 Å². The molecule has 0 aromatic rings. The maximum atomic E-state index is 12.5. The molecule has 0 saturated carbocycles. The summed E-state index contributed by atoms with van der Waals surface area (Å²) in [7, 11) is 0. The molecule has 0 rings (SSSR count). The van der Waals surface area contributed by atoms with Gasteiger partial charge in [0.15, 0.2) is 6.10 Å². The van der Waals surface area contributed by atoms with E-state index in [0.717, 1.165) is 89.9 Å². The average molecular weight is 848 g/mol. The third kappa shape index (κ3) is 46.3. The number of rotatable bonds is 38. The lowest BCUT2D eigenvalue weighted by molar-refractivity contribution is -0.161. The van der Waals surface area contributed by atoms with Crippen LogP contribution in [0.1, 0.15) is 232 Å². The molecule has 0 heterocycles. The van der Waals surface area contributed by atoms with E-state index in [0.29, 0.717) is 12.8 Å². The number of carbonyl (C=O) groups excluding carboxylic acids is 2. The molecule has 2 atom stereocenters. The highest BCUT2D eigenvalue weighted by atomic mass is 35.7. The minimum Gasteiger partial charge on any atom is -0.462 e. The fraction of sp³-hybridized carbons (Fsp3) is 0.796. The Morgan fingerprint density at radius 3 is 1.14 bits per heavy atom. The summed E-state index contributed by atoms with van der Waals surface area (Å²) in [4.78, 5) is 34.1. The molecule has 330 valence electrons. The Hall–Kier alpha value is -2.38. The van der Waals surface area contributed by atoms with Crippen LogP contribution in [-0.2, 0) is 28.2 Å². The minimum atomic E-state index is -4.31. The Balaban J connectivity index is 3.96. The number of carbonyl (C=O) groups is 2. The third-order valence-corrected chi connectivity index (χ3v) is 10.6. The second-order valence-electron chi connectivity index (χ2n) is 15.4. The average Bonchev–Trinajstić information content (AvgIpc) is 3.20. The Kier molecular flexibility index (Phi) is 42.4. The molecule has 0 aromatic heterocycles. The van der Waals surface area contributed by atoms with Gasteiger partial charge in [-0.3, -0.25) is 14.1 Å². The lowest BCUT2D eigenvalue weighted by Crippen LogP contribution is -2.29. The highest BCUT2D eigenvalue weighted by Gasteiger charge is 2.22. The topological polar surface area (TPSA) is 99.1 Å².